The Morgan fingerprint density at radius 3 is 2.25 bits per heavy atom. The molecule has 3 aromatic carbocycles. The lowest BCUT2D eigenvalue weighted by Gasteiger charge is -2.31. The van der Waals surface area contributed by atoms with Crippen LogP contribution >= 0.6 is 0 Å². The third-order valence-electron chi connectivity index (χ3n) is 5.92. The van der Waals surface area contributed by atoms with Gasteiger partial charge in [0, 0.05) is 19.5 Å². The van der Waals surface area contributed by atoms with Crippen LogP contribution in [0, 0.1) is 19.7 Å². The predicted octanol–water partition coefficient (Wildman–Crippen LogP) is 5.38. The standard InChI is InChI=1S/C30H35FN2O3/c1-4-5-15-32-30(35)28(19-24-9-7-6-8-10-24)33(20-25-11-13-26(31)14-12-25)29(34)21-36-27-17-22(2)16-23(3)18-27/h6-14,16-18,28H,4-5,15,19-21H2,1-3H3,(H,32,35)/t28-/m0/s1. The molecule has 0 aromatic heterocycles. The number of hydrogen-bond donors (Lipinski definition) is 1. The van der Waals surface area contributed by atoms with Gasteiger partial charge in [-0.1, -0.05) is 61.9 Å². The molecule has 0 heterocycles. The normalized spacial score (nSPS) is 11.6. The Balaban J connectivity index is 1.88. The molecule has 0 bridgehead atoms. The van der Waals surface area contributed by atoms with E-state index in [1.807, 2.05) is 62.4 Å². The van der Waals surface area contributed by atoms with Crippen LogP contribution in [-0.2, 0) is 22.6 Å². The lowest BCUT2D eigenvalue weighted by atomic mass is 10.0. The Kier molecular flexibility index (Phi) is 10.0. The molecule has 0 unspecified atom stereocenters. The highest BCUT2D eigenvalue weighted by atomic mass is 19.1. The highest BCUT2D eigenvalue weighted by Crippen LogP contribution is 2.19. The van der Waals surface area contributed by atoms with Gasteiger partial charge in [-0.05, 0) is 66.8 Å². The van der Waals surface area contributed by atoms with Crippen LogP contribution < -0.4 is 10.1 Å². The summed E-state index contributed by atoms with van der Waals surface area (Å²) in [5, 5.41) is 2.99. The molecule has 190 valence electrons. The van der Waals surface area contributed by atoms with Crippen LogP contribution in [0.2, 0.25) is 0 Å². The van der Waals surface area contributed by atoms with Gasteiger partial charge in [0.2, 0.25) is 5.91 Å². The lowest BCUT2D eigenvalue weighted by Crippen LogP contribution is -2.51. The molecule has 36 heavy (non-hydrogen) atoms. The molecule has 1 N–H and O–H groups in total. The van der Waals surface area contributed by atoms with Gasteiger partial charge in [-0.15, -0.1) is 0 Å². The summed E-state index contributed by atoms with van der Waals surface area (Å²) in [5.41, 5.74) is 3.76. The number of amides is 2. The zero-order valence-electron chi connectivity index (χ0n) is 21.3. The minimum atomic E-state index is -0.746. The van der Waals surface area contributed by atoms with Crippen molar-refractivity contribution in [1.29, 1.82) is 0 Å². The van der Waals surface area contributed by atoms with Crippen molar-refractivity contribution < 1.29 is 18.7 Å². The first-order valence-electron chi connectivity index (χ1n) is 12.4. The van der Waals surface area contributed by atoms with Gasteiger partial charge in [0.1, 0.15) is 17.6 Å². The number of halogens is 1. The van der Waals surface area contributed by atoms with Crippen molar-refractivity contribution in [2.24, 2.45) is 0 Å². The van der Waals surface area contributed by atoms with Crippen LogP contribution in [0.25, 0.3) is 0 Å². The van der Waals surface area contributed by atoms with Crippen LogP contribution in [0.15, 0.2) is 72.8 Å². The lowest BCUT2D eigenvalue weighted by molar-refractivity contribution is -0.142. The number of unbranched alkanes of at least 4 members (excludes halogenated alkanes) is 1. The second-order valence-corrected chi connectivity index (χ2v) is 9.11. The van der Waals surface area contributed by atoms with E-state index in [1.165, 1.54) is 12.1 Å². The van der Waals surface area contributed by atoms with E-state index in [-0.39, 0.29) is 30.8 Å². The average Bonchev–Trinajstić information content (AvgIpc) is 2.86. The Labute approximate surface area is 213 Å². The number of nitrogens with one attached hydrogen (secondary N) is 1. The van der Waals surface area contributed by atoms with Crippen molar-refractivity contribution in [2.45, 2.75) is 52.6 Å². The van der Waals surface area contributed by atoms with Crippen molar-refractivity contribution in [3.63, 3.8) is 0 Å². The Morgan fingerprint density at radius 1 is 0.944 bits per heavy atom. The molecule has 1 atom stereocenters. The highest BCUT2D eigenvalue weighted by molar-refractivity contribution is 5.88. The van der Waals surface area contributed by atoms with Gasteiger partial charge in [0.05, 0.1) is 0 Å². The van der Waals surface area contributed by atoms with E-state index in [0.717, 1.165) is 35.1 Å². The molecule has 0 spiro atoms. The monoisotopic (exact) mass is 490 g/mol. The van der Waals surface area contributed by atoms with Crippen LogP contribution in [0.4, 0.5) is 4.39 Å². The summed E-state index contributed by atoms with van der Waals surface area (Å²) in [5.74, 6) is -0.276. The summed E-state index contributed by atoms with van der Waals surface area (Å²) in [4.78, 5) is 28.5. The fraction of sp³-hybridized carbons (Fsp3) is 0.333. The van der Waals surface area contributed by atoms with Crippen molar-refractivity contribution in [3.8, 4) is 5.75 Å². The number of aryl methyl sites for hydroxylation is 2. The molecule has 2 amide bonds. The SMILES string of the molecule is CCCCNC(=O)[C@H](Cc1ccccc1)N(Cc1ccc(F)cc1)C(=O)COc1cc(C)cc(C)c1. The molecule has 0 fully saturated rings. The minimum Gasteiger partial charge on any atom is -0.484 e. The van der Waals surface area contributed by atoms with E-state index in [1.54, 1.807) is 17.0 Å². The average molecular weight is 491 g/mol. The Hall–Kier alpha value is -3.67. The van der Waals surface area contributed by atoms with Gasteiger partial charge in [-0.3, -0.25) is 9.59 Å². The largest absolute Gasteiger partial charge is 0.484 e. The highest BCUT2D eigenvalue weighted by Gasteiger charge is 2.30. The van der Waals surface area contributed by atoms with Crippen molar-refractivity contribution in [1.82, 2.24) is 10.2 Å². The molecule has 0 aliphatic heterocycles. The first-order chi connectivity index (χ1) is 17.4. The maximum Gasteiger partial charge on any atom is 0.261 e. The second-order valence-electron chi connectivity index (χ2n) is 9.11. The van der Waals surface area contributed by atoms with Gasteiger partial charge in [-0.2, -0.15) is 0 Å². The molecule has 5 nitrogen and oxygen atoms in total. The van der Waals surface area contributed by atoms with Gasteiger partial charge in [-0.25, -0.2) is 4.39 Å². The molecule has 3 aromatic rings. The number of rotatable bonds is 12. The Morgan fingerprint density at radius 2 is 1.61 bits per heavy atom. The molecular weight excluding hydrogens is 455 g/mol. The number of carbonyl (C=O) groups is 2. The summed E-state index contributed by atoms with van der Waals surface area (Å²) in [6.45, 7) is 6.49. The second kappa shape index (κ2) is 13.4. The maximum absolute atomic E-state index is 13.6. The van der Waals surface area contributed by atoms with E-state index in [4.69, 9.17) is 4.74 Å². The first kappa shape index (κ1) is 26.9. The molecule has 0 aliphatic carbocycles. The molecular formula is C30H35FN2O3. The third-order valence-corrected chi connectivity index (χ3v) is 5.92. The van der Waals surface area contributed by atoms with E-state index in [2.05, 4.69) is 12.2 Å². The van der Waals surface area contributed by atoms with Gasteiger partial charge < -0.3 is 15.0 Å². The Bertz CT molecular complexity index is 1110. The summed E-state index contributed by atoms with van der Waals surface area (Å²) in [6.07, 6.45) is 2.16. The topological polar surface area (TPSA) is 58.6 Å². The fourth-order valence-corrected chi connectivity index (χ4v) is 4.09. The summed E-state index contributed by atoms with van der Waals surface area (Å²) < 4.78 is 19.4. The molecule has 0 aliphatic rings. The zero-order valence-corrected chi connectivity index (χ0v) is 21.3. The number of hydrogen-bond acceptors (Lipinski definition) is 3. The quantitative estimate of drug-likeness (QED) is 0.347. The number of benzene rings is 3. The van der Waals surface area contributed by atoms with Crippen LogP contribution in [0.1, 0.15) is 42.0 Å². The molecule has 0 saturated heterocycles. The van der Waals surface area contributed by atoms with Crippen LogP contribution in [0.3, 0.4) is 0 Å². The third kappa shape index (κ3) is 8.22. The number of carbonyl (C=O) groups excluding carboxylic acids is 2. The fourth-order valence-electron chi connectivity index (χ4n) is 4.09. The van der Waals surface area contributed by atoms with Gasteiger partial charge in [0.25, 0.3) is 5.91 Å². The van der Waals surface area contributed by atoms with Crippen LogP contribution in [-0.4, -0.2) is 35.9 Å². The minimum absolute atomic E-state index is 0.161. The summed E-state index contributed by atoms with van der Waals surface area (Å²) >= 11 is 0. The van der Waals surface area contributed by atoms with E-state index in [9.17, 15) is 14.0 Å². The van der Waals surface area contributed by atoms with E-state index in [0.29, 0.717) is 18.7 Å². The van der Waals surface area contributed by atoms with Gasteiger partial charge >= 0.3 is 0 Å². The van der Waals surface area contributed by atoms with Crippen molar-refractivity contribution >= 4 is 11.8 Å². The molecule has 3 rings (SSSR count). The maximum atomic E-state index is 13.6. The summed E-state index contributed by atoms with van der Waals surface area (Å²) in [7, 11) is 0. The number of ether oxygens (including phenoxy) is 1. The van der Waals surface area contributed by atoms with Crippen LogP contribution in [0.5, 0.6) is 5.75 Å². The van der Waals surface area contributed by atoms with Crippen molar-refractivity contribution in [3.05, 3.63) is 101 Å². The molecule has 0 radical (unpaired) electrons. The van der Waals surface area contributed by atoms with E-state index >= 15 is 0 Å². The molecule has 0 saturated carbocycles. The summed E-state index contributed by atoms with van der Waals surface area (Å²) in [6, 6.07) is 20.7. The first-order valence-corrected chi connectivity index (χ1v) is 12.4. The number of nitrogens with zero attached hydrogens (tertiary/aromatic N) is 1. The van der Waals surface area contributed by atoms with Crippen molar-refractivity contribution in [2.75, 3.05) is 13.2 Å². The smallest absolute Gasteiger partial charge is 0.261 e. The van der Waals surface area contributed by atoms with E-state index < -0.39 is 6.04 Å². The molecule has 6 heteroatoms. The van der Waals surface area contributed by atoms with Gasteiger partial charge in [0.15, 0.2) is 6.61 Å². The predicted molar refractivity (Wildman–Crippen MR) is 140 cm³/mol. The zero-order chi connectivity index (χ0) is 25.9.